The fourth-order valence-electron chi connectivity index (χ4n) is 2.39. The van der Waals surface area contributed by atoms with Gasteiger partial charge in [-0.3, -0.25) is 14.5 Å². The number of carbonyl (C=O) groups is 2. The summed E-state index contributed by atoms with van der Waals surface area (Å²) in [6.45, 7) is 2.18. The van der Waals surface area contributed by atoms with Crippen LogP contribution in [0.1, 0.15) is 23.7 Å². The molecule has 0 spiro atoms. The average molecular weight is 384 g/mol. The highest BCUT2D eigenvalue weighted by molar-refractivity contribution is 6.43. The Hall–Kier alpha value is -2.02. The number of rotatable bonds is 5. The maximum absolute atomic E-state index is 12.8. The molecule has 1 unspecified atom stereocenters. The molecule has 25 heavy (non-hydrogen) atoms. The SMILES string of the molecule is CCOC(=O)C(N)CC1=CC=C(N)N(C(=O)c2cccc(Cl)c2Cl)C1. The summed E-state index contributed by atoms with van der Waals surface area (Å²) < 4.78 is 4.89. The minimum Gasteiger partial charge on any atom is -0.465 e. The van der Waals surface area contributed by atoms with Gasteiger partial charge in [0.2, 0.25) is 0 Å². The van der Waals surface area contributed by atoms with Crippen molar-refractivity contribution in [3.63, 3.8) is 0 Å². The van der Waals surface area contributed by atoms with E-state index in [1.165, 1.54) is 4.90 Å². The van der Waals surface area contributed by atoms with Crippen molar-refractivity contribution < 1.29 is 14.3 Å². The van der Waals surface area contributed by atoms with Crippen LogP contribution in [0.5, 0.6) is 0 Å². The standard InChI is InChI=1S/C17H19Cl2N3O3/c1-2-25-17(24)13(20)8-10-6-7-14(21)22(9-10)16(23)11-4-3-5-12(18)15(11)19/h3-7,13H,2,8-9,20-21H2,1H3. The zero-order valence-corrected chi connectivity index (χ0v) is 15.2. The molecule has 4 N–H and O–H groups in total. The van der Waals surface area contributed by atoms with Crippen molar-refractivity contribution in [3.05, 3.63) is 57.4 Å². The van der Waals surface area contributed by atoms with E-state index in [1.807, 2.05) is 0 Å². The molecule has 1 heterocycles. The smallest absolute Gasteiger partial charge is 0.323 e. The fourth-order valence-corrected chi connectivity index (χ4v) is 2.77. The van der Waals surface area contributed by atoms with Crippen LogP contribution >= 0.6 is 23.2 Å². The van der Waals surface area contributed by atoms with Crippen LogP contribution in [0.4, 0.5) is 0 Å². The number of ether oxygens (including phenoxy) is 1. The molecule has 2 rings (SSSR count). The molecule has 1 aromatic rings. The first-order valence-corrected chi connectivity index (χ1v) is 8.44. The van der Waals surface area contributed by atoms with Gasteiger partial charge in [0, 0.05) is 6.54 Å². The molecule has 6 nitrogen and oxygen atoms in total. The summed E-state index contributed by atoms with van der Waals surface area (Å²) in [7, 11) is 0. The van der Waals surface area contributed by atoms with Crippen molar-refractivity contribution in [2.75, 3.05) is 13.2 Å². The monoisotopic (exact) mass is 383 g/mol. The lowest BCUT2D eigenvalue weighted by Gasteiger charge is -2.28. The molecule has 1 aliphatic rings. The summed E-state index contributed by atoms with van der Waals surface area (Å²) in [6, 6.07) is 4.01. The summed E-state index contributed by atoms with van der Waals surface area (Å²) in [4.78, 5) is 25.8. The molecular weight excluding hydrogens is 365 g/mol. The second-order valence-corrected chi connectivity index (χ2v) is 6.26. The van der Waals surface area contributed by atoms with Gasteiger partial charge in [0.15, 0.2) is 0 Å². The van der Waals surface area contributed by atoms with Gasteiger partial charge in [-0.1, -0.05) is 35.3 Å². The normalized spacial score (nSPS) is 15.3. The van der Waals surface area contributed by atoms with Crippen molar-refractivity contribution in [2.45, 2.75) is 19.4 Å². The van der Waals surface area contributed by atoms with Gasteiger partial charge < -0.3 is 16.2 Å². The predicted octanol–water partition coefficient (Wildman–Crippen LogP) is 2.46. The fraction of sp³-hybridized carbons (Fsp3) is 0.294. The van der Waals surface area contributed by atoms with E-state index >= 15 is 0 Å². The van der Waals surface area contributed by atoms with E-state index in [0.717, 1.165) is 5.57 Å². The summed E-state index contributed by atoms with van der Waals surface area (Å²) in [5.41, 5.74) is 12.8. The second-order valence-electron chi connectivity index (χ2n) is 5.47. The van der Waals surface area contributed by atoms with E-state index in [1.54, 1.807) is 37.3 Å². The molecule has 0 saturated heterocycles. The molecule has 8 heteroatoms. The van der Waals surface area contributed by atoms with Gasteiger partial charge in [0.25, 0.3) is 5.91 Å². The van der Waals surface area contributed by atoms with Crippen molar-refractivity contribution in [3.8, 4) is 0 Å². The molecule has 0 bridgehead atoms. The second kappa shape index (κ2) is 8.38. The Bertz CT molecular complexity index is 747. The van der Waals surface area contributed by atoms with E-state index in [9.17, 15) is 9.59 Å². The van der Waals surface area contributed by atoms with Crippen molar-refractivity contribution >= 4 is 35.1 Å². The zero-order chi connectivity index (χ0) is 18.6. The van der Waals surface area contributed by atoms with Crippen LogP contribution in [0, 0.1) is 0 Å². The number of hydrogen-bond acceptors (Lipinski definition) is 5. The van der Waals surface area contributed by atoms with Gasteiger partial charge in [0.1, 0.15) is 11.9 Å². The Morgan fingerprint density at radius 3 is 2.72 bits per heavy atom. The number of benzene rings is 1. The minimum atomic E-state index is -0.800. The summed E-state index contributed by atoms with van der Waals surface area (Å²) >= 11 is 12.1. The van der Waals surface area contributed by atoms with Crippen LogP contribution in [-0.2, 0) is 9.53 Å². The van der Waals surface area contributed by atoms with Gasteiger partial charge in [-0.15, -0.1) is 0 Å². The molecule has 0 saturated carbocycles. The Labute approximate surface area is 156 Å². The van der Waals surface area contributed by atoms with Gasteiger partial charge >= 0.3 is 5.97 Å². The molecule has 1 aliphatic heterocycles. The summed E-state index contributed by atoms with van der Waals surface area (Å²) in [5.74, 6) is -0.590. The third-order valence-corrected chi connectivity index (χ3v) is 4.48. The van der Waals surface area contributed by atoms with Crippen LogP contribution < -0.4 is 11.5 Å². The number of allylic oxidation sites excluding steroid dienone is 2. The lowest BCUT2D eigenvalue weighted by Crippen LogP contribution is -2.39. The van der Waals surface area contributed by atoms with Crippen molar-refractivity contribution in [1.29, 1.82) is 0 Å². The molecule has 1 aromatic carbocycles. The molecule has 0 aliphatic carbocycles. The first-order valence-electron chi connectivity index (χ1n) is 7.68. The summed E-state index contributed by atoms with van der Waals surface area (Å²) in [6.07, 6.45) is 3.60. The highest BCUT2D eigenvalue weighted by atomic mass is 35.5. The first-order chi connectivity index (χ1) is 11.8. The van der Waals surface area contributed by atoms with Crippen LogP contribution in [0.2, 0.25) is 10.0 Å². The maximum atomic E-state index is 12.8. The maximum Gasteiger partial charge on any atom is 0.323 e. The van der Waals surface area contributed by atoms with Crippen LogP contribution in [0.3, 0.4) is 0 Å². The van der Waals surface area contributed by atoms with Gasteiger partial charge in [-0.2, -0.15) is 0 Å². The number of nitrogens with zero attached hydrogens (tertiary/aromatic N) is 1. The highest BCUT2D eigenvalue weighted by Gasteiger charge is 2.26. The molecule has 0 fully saturated rings. The van der Waals surface area contributed by atoms with Crippen LogP contribution in [0.25, 0.3) is 0 Å². The molecule has 0 aromatic heterocycles. The Kier molecular flexibility index (Phi) is 6.47. The van der Waals surface area contributed by atoms with E-state index in [4.69, 9.17) is 39.4 Å². The quantitative estimate of drug-likeness (QED) is 0.760. The number of esters is 1. The van der Waals surface area contributed by atoms with Crippen molar-refractivity contribution in [2.24, 2.45) is 11.5 Å². The molecule has 134 valence electrons. The minimum absolute atomic E-state index is 0.168. The van der Waals surface area contributed by atoms with Crippen LogP contribution in [0.15, 0.2) is 41.7 Å². The molecular formula is C17H19Cl2N3O3. The number of halogens is 2. The predicted molar refractivity (Wildman–Crippen MR) is 97.1 cm³/mol. The van der Waals surface area contributed by atoms with E-state index < -0.39 is 12.0 Å². The lowest BCUT2D eigenvalue weighted by atomic mass is 10.0. The number of hydrogen-bond donors (Lipinski definition) is 2. The molecule has 1 amide bonds. The van der Waals surface area contributed by atoms with Crippen LogP contribution in [-0.4, -0.2) is 36.0 Å². The lowest BCUT2D eigenvalue weighted by molar-refractivity contribution is -0.144. The van der Waals surface area contributed by atoms with E-state index in [0.29, 0.717) is 0 Å². The van der Waals surface area contributed by atoms with Gasteiger partial charge in [0.05, 0.1) is 22.2 Å². The largest absolute Gasteiger partial charge is 0.465 e. The number of nitrogens with two attached hydrogens (primary N) is 2. The van der Waals surface area contributed by atoms with Crippen molar-refractivity contribution in [1.82, 2.24) is 4.90 Å². The molecule has 1 atom stereocenters. The van der Waals surface area contributed by atoms with Gasteiger partial charge in [-0.05, 0) is 37.1 Å². The van der Waals surface area contributed by atoms with Gasteiger partial charge in [-0.25, -0.2) is 0 Å². The highest BCUT2D eigenvalue weighted by Crippen LogP contribution is 2.28. The third-order valence-electron chi connectivity index (χ3n) is 3.66. The van der Waals surface area contributed by atoms with E-state index in [-0.39, 0.29) is 46.9 Å². The molecule has 0 radical (unpaired) electrons. The summed E-state index contributed by atoms with van der Waals surface area (Å²) in [5, 5.41) is 0.452. The Balaban J connectivity index is 2.15. The average Bonchev–Trinajstić information content (AvgIpc) is 2.58. The van der Waals surface area contributed by atoms with E-state index in [2.05, 4.69) is 0 Å². The Morgan fingerprint density at radius 2 is 2.04 bits per heavy atom. The Morgan fingerprint density at radius 1 is 1.32 bits per heavy atom. The number of carbonyl (C=O) groups excluding carboxylic acids is 2. The number of amides is 1. The third kappa shape index (κ3) is 4.54. The zero-order valence-electron chi connectivity index (χ0n) is 13.7. The topological polar surface area (TPSA) is 98.7 Å². The first kappa shape index (κ1) is 19.3.